The Kier molecular flexibility index (Phi) is 6.52. The Balaban J connectivity index is 2.88. The Morgan fingerprint density at radius 3 is 2.42 bits per heavy atom. The fraction of sp³-hybridized carbons (Fsp3) is 0.750. The molecule has 1 aliphatic heterocycles. The van der Waals surface area contributed by atoms with Gasteiger partial charge in [0.25, 0.3) is 5.91 Å². The third kappa shape index (κ3) is 6.69. The number of nitrogens with zero attached hydrogens (tertiary/aromatic N) is 2. The van der Waals surface area contributed by atoms with Gasteiger partial charge in [0.2, 0.25) is 0 Å². The second-order valence-corrected chi connectivity index (χ2v) is 6.65. The molecule has 0 aromatic heterocycles. The maximum absolute atomic E-state index is 12.8. The molecule has 1 aliphatic rings. The van der Waals surface area contributed by atoms with Crippen molar-refractivity contribution in [3.8, 4) is 11.8 Å². The fourth-order valence-electron chi connectivity index (χ4n) is 2.44. The van der Waals surface area contributed by atoms with Gasteiger partial charge in [-0.25, -0.2) is 4.79 Å². The topological polar surface area (TPSA) is 49.9 Å². The van der Waals surface area contributed by atoms with E-state index in [1.165, 1.54) is 11.8 Å². The van der Waals surface area contributed by atoms with E-state index >= 15 is 0 Å². The van der Waals surface area contributed by atoms with Crippen molar-refractivity contribution >= 4 is 12.0 Å². The van der Waals surface area contributed by atoms with Gasteiger partial charge in [-0.05, 0) is 46.5 Å². The van der Waals surface area contributed by atoms with Gasteiger partial charge in [0.1, 0.15) is 12.1 Å². The molecule has 0 spiro atoms. The Morgan fingerprint density at radius 1 is 1.29 bits per heavy atom. The third-order valence-electron chi connectivity index (χ3n) is 3.33. The molecule has 1 rings (SSSR count). The van der Waals surface area contributed by atoms with Crippen LogP contribution in [0.2, 0.25) is 0 Å². The van der Waals surface area contributed by atoms with Crippen LogP contribution >= 0.6 is 0 Å². The number of likely N-dealkylation sites (tertiary alicyclic amines) is 1. The van der Waals surface area contributed by atoms with Gasteiger partial charge >= 0.3 is 12.3 Å². The zero-order chi connectivity index (χ0) is 18.5. The molecular weight excluding hydrogens is 325 g/mol. The average Bonchev–Trinajstić information content (AvgIpc) is 2.42. The summed E-state index contributed by atoms with van der Waals surface area (Å²) in [5.41, 5.74) is -0.695. The Hall–Kier alpha value is -1.91. The number of carbonyl (C=O) groups excluding carboxylic acids is 2. The van der Waals surface area contributed by atoms with E-state index in [0.29, 0.717) is 24.3 Å². The molecule has 0 saturated carbocycles. The van der Waals surface area contributed by atoms with Gasteiger partial charge in [0, 0.05) is 13.1 Å². The van der Waals surface area contributed by atoms with E-state index in [-0.39, 0.29) is 6.54 Å². The summed E-state index contributed by atoms with van der Waals surface area (Å²) in [5.74, 6) is 3.59. The molecule has 1 heterocycles. The molecule has 136 valence electrons. The van der Waals surface area contributed by atoms with Crippen LogP contribution in [0.4, 0.5) is 18.0 Å². The summed E-state index contributed by atoms with van der Waals surface area (Å²) in [6.45, 7) is 5.53. The van der Waals surface area contributed by atoms with Gasteiger partial charge in [-0.15, -0.1) is 0 Å². The molecule has 0 aromatic carbocycles. The Labute approximate surface area is 140 Å². The Bertz CT molecular complexity index is 529. The van der Waals surface area contributed by atoms with Gasteiger partial charge in [0.15, 0.2) is 0 Å². The van der Waals surface area contributed by atoms with E-state index in [9.17, 15) is 22.8 Å². The largest absolute Gasteiger partial charge is 0.444 e. The van der Waals surface area contributed by atoms with Crippen molar-refractivity contribution in [1.29, 1.82) is 0 Å². The van der Waals surface area contributed by atoms with E-state index in [1.807, 2.05) is 0 Å². The molecule has 1 unspecified atom stereocenters. The van der Waals surface area contributed by atoms with Crippen molar-refractivity contribution < 1.29 is 27.5 Å². The summed E-state index contributed by atoms with van der Waals surface area (Å²) in [7, 11) is 0. The van der Waals surface area contributed by atoms with Crippen molar-refractivity contribution in [2.75, 3.05) is 19.6 Å². The predicted molar refractivity (Wildman–Crippen MR) is 82.0 cm³/mol. The highest BCUT2D eigenvalue weighted by atomic mass is 19.4. The first kappa shape index (κ1) is 20.1. The Morgan fingerprint density at radius 2 is 1.92 bits per heavy atom. The number of rotatable bonds is 2. The van der Waals surface area contributed by atoms with E-state index in [0.717, 1.165) is 0 Å². The second-order valence-electron chi connectivity index (χ2n) is 6.65. The molecule has 0 aliphatic carbocycles. The molecule has 1 atom stereocenters. The van der Waals surface area contributed by atoms with Crippen LogP contribution in [0.3, 0.4) is 0 Å². The first-order valence-corrected chi connectivity index (χ1v) is 7.71. The van der Waals surface area contributed by atoms with Crippen molar-refractivity contribution in [2.24, 2.45) is 0 Å². The molecule has 8 heteroatoms. The lowest BCUT2D eigenvalue weighted by Gasteiger charge is -2.39. The maximum Gasteiger partial charge on any atom is 0.410 e. The fourth-order valence-corrected chi connectivity index (χ4v) is 2.44. The molecule has 0 aromatic rings. The monoisotopic (exact) mass is 348 g/mol. The summed E-state index contributed by atoms with van der Waals surface area (Å²) in [6, 6.07) is -0.735. The van der Waals surface area contributed by atoms with Crippen LogP contribution in [0.15, 0.2) is 0 Å². The van der Waals surface area contributed by atoms with E-state index in [2.05, 4.69) is 11.8 Å². The molecule has 0 bridgehead atoms. The number of hydrogen-bond donors (Lipinski definition) is 0. The highest BCUT2D eigenvalue weighted by molar-refractivity contribution is 5.93. The number of ether oxygens (including phenoxy) is 1. The lowest BCUT2D eigenvalue weighted by Crippen LogP contribution is -2.54. The van der Waals surface area contributed by atoms with Crippen LogP contribution in [-0.2, 0) is 9.53 Å². The number of amides is 2. The molecule has 0 N–H and O–H groups in total. The SMILES string of the molecule is CC#CC(=O)N(CC(F)(F)F)C1CCCN(C(=O)OC(C)(C)C)C1. The number of carbonyl (C=O) groups is 2. The average molecular weight is 348 g/mol. The molecule has 5 nitrogen and oxygen atoms in total. The lowest BCUT2D eigenvalue weighted by atomic mass is 10.0. The molecular formula is C16H23F3N2O3. The van der Waals surface area contributed by atoms with Crippen molar-refractivity contribution in [1.82, 2.24) is 9.80 Å². The van der Waals surface area contributed by atoms with E-state index in [4.69, 9.17) is 4.74 Å². The number of piperidine rings is 1. The maximum atomic E-state index is 12.8. The zero-order valence-electron chi connectivity index (χ0n) is 14.4. The highest BCUT2D eigenvalue weighted by Crippen LogP contribution is 2.23. The standard InChI is InChI=1S/C16H23F3N2O3/c1-5-7-13(22)21(11-16(17,18)19)12-8-6-9-20(10-12)14(23)24-15(2,3)4/h12H,6,8-11H2,1-4H3. The molecule has 2 amide bonds. The smallest absolute Gasteiger partial charge is 0.410 e. The minimum absolute atomic E-state index is 0.00211. The van der Waals surface area contributed by atoms with Crippen LogP contribution in [0.5, 0.6) is 0 Å². The lowest BCUT2D eigenvalue weighted by molar-refractivity contribution is -0.164. The van der Waals surface area contributed by atoms with Crippen LogP contribution in [0.1, 0.15) is 40.5 Å². The number of alkyl halides is 3. The normalized spacial score (nSPS) is 18.5. The minimum atomic E-state index is -4.53. The van der Waals surface area contributed by atoms with E-state index < -0.39 is 36.4 Å². The molecule has 0 radical (unpaired) electrons. The van der Waals surface area contributed by atoms with Gasteiger partial charge in [0.05, 0.1) is 6.04 Å². The summed E-state index contributed by atoms with van der Waals surface area (Å²) < 4.78 is 43.6. The first-order chi connectivity index (χ1) is 10.9. The number of hydrogen-bond acceptors (Lipinski definition) is 3. The molecule has 24 heavy (non-hydrogen) atoms. The molecule has 1 saturated heterocycles. The summed E-state index contributed by atoms with van der Waals surface area (Å²) in [5, 5.41) is 0. The van der Waals surface area contributed by atoms with Crippen molar-refractivity contribution in [3.63, 3.8) is 0 Å². The number of halogens is 3. The highest BCUT2D eigenvalue weighted by Gasteiger charge is 2.38. The second kappa shape index (κ2) is 7.77. The van der Waals surface area contributed by atoms with Crippen LogP contribution < -0.4 is 0 Å². The van der Waals surface area contributed by atoms with Gasteiger partial charge < -0.3 is 14.5 Å². The first-order valence-electron chi connectivity index (χ1n) is 7.71. The van der Waals surface area contributed by atoms with Crippen molar-refractivity contribution in [2.45, 2.75) is 58.4 Å². The van der Waals surface area contributed by atoms with Crippen LogP contribution in [0, 0.1) is 11.8 Å². The predicted octanol–water partition coefficient (Wildman–Crippen LogP) is 2.80. The third-order valence-corrected chi connectivity index (χ3v) is 3.33. The van der Waals surface area contributed by atoms with Crippen LogP contribution in [0.25, 0.3) is 0 Å². The van der Waals surface area contributed by atoms with Gasteiger partial charge in [-0.1, -0.05) is 5.92 Å². The molecule has 1 fully saturated rings. The van der Waals surface area contributed by atoms with Gasteiger partial charge in [-0.3, -0.25) is 4.79 Å². The summed E-state index contributed by atoms with van der Waals surface area (Å²) >= 11 is 0. The van der Waals surface area contributed by atoms with Crippen LogP contribution in [-0.4, -0.2) is 59.3 Å². The zero-order valence-corrected chi connectivity index (χ0v) is 14.4. The quantitative estimate of drug-likeness (QED) is 0.721. The minimum Gasteiger partial charge on any atom is -0.444 e. The van der Waals surface area contributed by atoms with E-state index in [1.54, 1.807) is 20.8 Å². The van der Waals surface area contributed by atoms with Crippen molar-refractivity contribution in [3.05, 3.63) is 0 Å². The summed E-state index contributed by atoms with van der Waals surface area (Å²) in [6.07, 6.45) is -4.25. The van der Waals surface area contributed by atoms with Gasteiger partial charge in [-0.2, -0.15) is 13.2 Å². The summed E-state index contributed by atoms with van der Waals surface area (Å²) in [4.78, 5) is 26.1.